The fourth-order valence-electron chi connectivity index (χ4n) is 3.42. The highest BCUT2D eigenvalue weighted by Gasteiger charge is 2.21. The fraction of sp³-hybridized carbons (Fsp3) is 0.182. The molecule has 3 rings (SSSR count). The number of anilines is 2. The third kappa shape index (κ3) is 4.83. The average Bonchev–Trinajstić information content (AvgIpc) is 2.60. The van der Waals surface area contributed by atoms with Crippen molar-refractivity contribution in [3.63, 3.8) is 0 Å². The summed E-state index contributed by atoms with van der Waals surface area (Å²) in [6, 6.07) is 16.3. The van der Waals surface area contributed by atoms with Gasteiger partial charge in [-0.05, 0) is 80.8 Å². The molecule has 0 bridgehead atoms. The van der Waals surface area contributed by atoms with Crippen LogP contribution in [-0.4, -0.2) is 16.8 Å². The summed E-state index contributed by atoms with van der Waals surface area (Å²) < 4.78 is 56.0. The number of sulfonamides is 2. The zero-order chi connectivity index (χ0) is 22.1. The highest BCUT2D eigenvalue weighted by Crippen LogP contribution is 2.25. The zero-order valence-electron chi connectivity index (χ0n) is 17.2. The highest BCUT2D eigenvalue weighted by atomic mass is 32.2. The Kier molecular flexibility index (Phi) is 5.92. The molecule has 6 nitrogen and oxygen atoms in total. The van der Waals surface area contributed by atoms with Crippen LogP contribution < -0.4 is 9.44 Å². The van der Waals surface area contributed by atoms with E-state index in [0.29, 0.717) is 16.8 Å². The van der Waals surface area contributed by atoms with Crippen molar-refractivity contribution >= 4 is 31.4 Å². The second-order valence-corrected chi connectivity index (χ2v) is 10.6. The summed E-state index contributed by atoms with van der Waals surface area (Å²) in [5.41, 5.74) is 3.97. The normalized spacial score (nSPS) is 11.9. The molecule has 0 heterocycles. The summed E-state index contributed by atoms with van der Waals surface area (Å²) >= 11 is 0. The van der Waals surface area contributed by atoms with E-state index in [1.807, 2.05) is 32.0 Å². The molecule has 0 aliphatic rings. The molecule has 0 unspecified atom stereocenters. The van der Waals surface area contributed by atoms with Gasteiger partial charge in [-0.25, -0.2) is 16.8 Å². The molecule has 0 radical (unpaired) electrons. The average molecular weight is 445 g/mol. The minimum absolute atomic E-state index is 0.0367. The van der Waals surface area contributed by atoms with Gasteiger partial charge in [-0.15, -0.1) is 0 Å². The maximum atomic E-state index is 12.9. The molecule has 3 aromatic carbocycles. The first-order valence-corrected chi connectivity index (χ1v) is 12.2. The van der Waals surface area contributed by atoms with E-state index in [2.05, 4.69) is 9.44 Å². The zero-order valence-corrected chi connectivity index (χ0v) is 18.9. The summed E-state index contributed by atoms with van der Waals surface area (Å²) in [6.45, 7) is 7.28. The fourth-order valence-corrected chi connectivity index (χ4v) is 5.99. The number of nitrogens with one attached hydrogen (secondary N) is 2. The molecule has 158 valence electrons. The van der Waals surface area contributed by atoms with Gasteiger partial charge in [0, 0.05) is 11.4 Å². The molecule has 0 amide bonds. The van der Waals surface area contributed by atoms with Gasteiger partial charge >= 0.3 is 0 Å². The Morgan fingerprint density at radius 3 is 1.73 bits per heavy atom. The van der Waals surface area contributed by atoms with Crippen molar-refractivity contribution in [2.75, 3.05) is 9.44 Å². The third-order valence-corrected chi connectivity index (χ3v) is 7.64. The summed E-state index contributed by atoms with van der Waals surface area (Å²) in [6.07, 6.45) is 0. The standard InChI is InChI=1S/C22H24N2O4S2/c1-15-6-5-7-20(14-15)24-29(25,26)21-10-8-19(9-11-21)23-30(27,28)22-17(3)12-16(2)13-18(22)4/h5-14,23-24H,1-4H3. The van der Waals surface area contributed by atoms with Gasteiger partial charge in [-0.2, -0.15) is 0 Å². The summed E-state index contributed by atoms with van der Waals surface area (Å²) in [5, 5.41) is 0. The molecule has 0 saturated heterocycles. The van der Waals surface area contributed by atoms with Crippen molar-refractivity contribution in [1.82, 2.24) is 0 Å². The number of rotatable bonds is 6. The van der Waals surface area contributed by atoms with Crippen LogP contribution in [0.15, 0.2) is 70.5 Å². The van der Waals surface area contributed by atoms with Gasteiger partial charge in [-0.3, -0.25) is 9.44 Å². The monoisotopic (exact) mass is 444 g/mol. The first-order valence-electron chi connectivity index (χ1n) is 9.28. The van der Waals surface area contributed by atoms with Crippen LogP contribution in [0.4, 0.5) is 11.4 Å². The maximum absolute atomic E-state index is 12.9. The molecule has 0 aliphatic carbocycles. The van der Waals surface area contributed by atoms with Crippen LogP contribution in [0.1, 0.15) is 22.3 Å². The SMILES string of the molecule is Cc1cccc(NS(=O)(=O)c2ccc(NS(=O)(=O)c3c(C)cc(C)cc3C)cc2)c1. The van der Waals surface area contributed by atoms with Crippen LogP contribution >= 0.6 is 0 Å². The predicted molar refractivity (Wildman–Crippen MR) is 120 cm³/mol. The van der Waals surface area contributed by atoms with Crippen LogP contribution in [0.2, 0.25) is 0 Å². The van der Waals surface area contributed by atoms with E-state index in [0.717, 1.165) is 11.1 Å². The van der Waals surface area contributed by atoms with Crippen molar-refractivity contribution in [2.24, 2.45) is 0 Å². The highest BCUT2D eigenvalue weighted by molar-refractivity contribution is 7.93. The first-order chi connectivity index (χ1) is 14.0. The molecule has 3 aromatic rings. The van der Waals surface area contributed by atoms with Crippen LogP contribution in [0.3, 0.4) is 0 Å². The lowest BCUT2D eigenvalue weighted by molar-refractivity contribution is 0.599. The van der Waals surface area contributed by atoms with Crippen molar-refractivity contribution in [2.45, 2.75) is 37.5 Å². The van der Waals surface area contributed by atoms with Crippen molar-refractivity contribution in [1.29, 1.82) is 0 Å². The van der Waals surface area contributed by atoms with Gasteiger partial charge < -0.3 is 0 Å². The van der Waals surface area contributed by atoms with Crippen molar-refractivity contribution in [3.05, 3.63) is 82.9 Å². The molecule has 0 aliphatic heterocycles. The van der Waals surface area contributed by atoms with E-state index in [-0.39, 0.29) is 15.5 Å². The predicted octanol–water partition coefficient (Wildman–Crippen LogP) is 4.52. The number of hydrogen-bond acceptors (Lipinski definition) is 4. The smallest absolute Gasteiger partial charge is 0.262 e. The maximum Gasteiger partial charge on any atom is 0.262 e. The van der Waals surface area contributed by atoms with Gasteiger partial charge in [0.05, 0.1) is 9.79 Å². The lowest BCUT2D eigenvalue weighted by Gasteiger charge is -2.14. The number of hydrogen-bond donors (Lipinski definition) is 2. The van der Waals surface area contributed by atoms with E-state index in [4.69, 9.17) is 0 Å². The Bertz CT molecular complexity index is 1270. The Labute approximate surface area is 178 Å². The Hall–Kier alpha value is -2.84. The van der Waals surface area contributed by atoms with Crippen LogP contribution in [0, 0.1) is 27.7 Å². The molecular formula is C22H24N2O4S2. The lowest BCUT2D eigenvalue weighted by atomic mass is 10.1. The Morgan fingerprint density at radius 2 is 1.17 bits per heavy atom. The van der Waals surface area contributed by atoms with Crippen LogP contribution in [-0.2, 0) is 20.0 Å². The minimum atomic E-state index is -3.81. The van der Waals surface area contributed by atoms with Gasteiger partial charge in [0.15, 0.2) is 0 Å². The van der Waals surface area contributed by atoms with Crippen molar-refractivity contribution in [3.8, 4) is 0 Å². The van der Waals surface area contributed by atoms with Crippen LogP contribution in [0.25, 0.3) is 0 Å². The van der Waals surface area contributed by atoms with Crippen molar-refractivity contribution < 1.29 is 16.8 Å². The molecule has 0 atom stereocenters. The quantitative estimate of drug-likeness (QED) is 0.585. The first kappa shape index (κ1) is 21.9. The minimum Gasteiger partial charge on any atom is -0.280 e. The topological polar surface area (TPSA) is 92.3 Å². The Balaban J connectivity index is 1.84. The van der Waals surface area contributed by atoms with Gasteiger partial charge in [0.1, 0.15) is 0 Å². The van der Waals surface area contributed by atoms with E-state index in [1.54, 1.807) is 32.0 Å². The molecule has 0 spiro atoms. The van der Waals surface area contributed by atoms with E-state index >= 15 is 0 Å². The molecule has 0 aromatic heterocycles. The summed E-state index contributed by atoms with van der Waals surface area (Å²) in [7, 11) is -7.60. The summed E-state index contributed by atoms with van der Waals surface area (Å²) in [5.74, 6) is 0. The molecule has 2 N–H and O–H groups in total. The largest absolute Gasteiger partial charge is 0.280 e. The van der Waals surface area contributed by atoms with Gasteiger partial charge in [-0.1, -0.05) is 29.8 Å². The molecular weight excluding hydrogens is 420 g/mol. The van der Waals surface area contributed by atoms with Gasteiger partial charge in [0.2, 0.25) is 0 Å². The second kappa shape index (κ2) is 8.12. The van der Waals surface area contributed by atoms with E-state index in [1.165, 1.54) is 24.3 Å². The van der Waals surface area contributed by atoms with E-state index < -0.39 is 20.0 Å². The summed E-state index contributed by atoms with van der Waals surface area (Å²) in [4.78, 5) is 0.264. The lowest BCUT2D eigenvalue weighted by Crippen LogP contribution is -2.16. The third-order valence-electron chi connectivity index (χ3n) is 4.56. The Morgan fingerprint density at radius 1 is 0.600 bits per heavy atom. The van der Waals surface area contributed by atoms with Crippen LogP contribution in [0.5, 0.6) is 0 Å². The molecule has 0 saturated carbocycles. The second-order valence-electron chi connectivity index (χ2n) is 7.33. The van der Waals surface area contributed by atoms with Gasteiger partial charge in [0.25, 0.3) is 20.0 Å². The molecule has 30 heavy (non-hydrogen) atoms. The number of aryl methyl sites for hydroxylation is 4. The molecule has 0 fully saturated rings. The number of benzene rings is 3. The van der Waals surface area contributed by atoms with E-state index in [9.17, 15) is 16.8 Å². The molecule has 8 heteroatoms.